The van der Waals surface area contributed by atoms with Crippen molar-refractivity contribution in [2.75, 3.05) is 36.8 Å². The summed E-state index contributed by atoms with van der Waals surface area (Å²) >= 11 is 1.68. The molecule has 1 aliphatic rings. The van der Waals surface area contributed by atoms with Crippen LogP contribution in [0.4, 0.5) is 5.13 Å². The molecule has 6 nitrogen and oxygen atoms in total. The summed E-state index contributed by atoms with van der Waals surface area (Å²) in [4.78, 5) is 21.9. The van der Waals surface area contributed by atoms with Crippen LogP contribution in [0, 0.1) is 6.92 Å². The number of nitrogens with zero attached hydrogens (tertiary/aromatic N) is 3. The van der Waals surface area contributed by atoms with E-state index < -0.39 is 9.84 Å². The molecule has 2 aromatic carbocycles. The SMILES string of the molecule is CCS(=O)(=O)c1ccc(C(=O)N2CCN(c3nc4c(C)cccc4s3)CC2)cc1. The van der Waals surface area contributed by atoms with E-state index in [0.29, 0.717) is 18.7 Å². The molecular formula is C21H23N3O3S2. The predicted molar refractivity (Wildman–Crippen MR) is 117 cm³/mol. The topological polar surface area (TPSA) is 70.6 Å². The lowest BCUT2D eigenvalue weighted by molar-refractivity contribution is 0.0746. The van der Waals surface area contributed by atoms with Crippen LogP contribution in [0.1, 0.15) is 22.8 Å². The highest BCUT2D eigenvalue weighted by molar-refractivity contribution is 7.91. The normalized spacial score (nSPS) is 15.1. The predicted octanol–water partition coefficient (Wildman–Crippen LogP) is 3.36. The Morgan fingerprint density at radius 1 is 1.07 bits per heavy atom. The Balaban J connectivity index is 1.43. The van der Waals surface area contributed by atoms with E-state index in [9.17, 15) is 13.2 Å². The standard InChI is InChI=1S/C21H23N3O3S2/c1-3-29(26,27)17-9-7-16(8-10-17)20(25)23-11-13-24(14-12-23)21-22-19-15(2)5-4-6-18(19)28-21/h4-10H,3,11-14H2,1-2H3. The molecule has 0 unspecified atom stereocenters. The number of sulfone groups is 1. The fourth-order valence-electron chi connectivity index (χ4n) is 3.46. The van der Waals surface area contributed by atoms with Crippen LogP contribution in [-0.2, 0) is 9.84 Å². The number of anilines is 1. The summed E-state index contributed by atoms with van der Waals surface area (Å²) in [5, 5.41) is 0.996. The number of fused-ring (bicyclic) bond motifs is 1. The van der Waals surface area contributed by atoms with E-state index in [4.69, 9.17) is 4.98 Å². The van der Waals surface area contributed by atoms with E-state index in [-0.39, 0.29) is 16.6 Å². The number of carbonyl (C=O) groups excluding carboxylic acids is 1. The smallest absolute Gasteiger partial charge is 0.253 e. The summed E-state index contributed by atoms with van der Waals surface area (Å²) in [5.41, 5.74) is 2.74. The van der Waals surface area contributed by atoms with Crippen LogP contribution < -0.4 is 4.90 Å². The zero-order chi connectivity index (χ0) is 20.6. The second-order valence-electron chi connectivity index (χ2n) is 7.13. The summed E-state index contributed by atoms with van der Waals surface area (Å²) in [6.45, 7) is 6.37. The first-order chi connectivity index (χ1) is 13.9. The molecule has 1 fully saturated rings. The third kappa shape index (κ3) is 3.86. The first-order valence-electron chi connectivity index (χ1n) is 9.62. The van der Waals surface area contributed by atoms with Crippen molar-refractivity contribution in [3.05, 3.63) is 53.6 Å². The van der Waals surface area contributed by atoms with Crippen molar-refractivity contribution in [2.45, 2.75) is 18.7 Å². The van der Waals surface area contributed by atoms with Crippen LogP contribution in [0.3, 0.4) is 0 Å². The van der Waals surface area contributed by atoms with E-state index in [2.05, 4.69) is 24.0 Å². The molecule has 0 saturated carbocycles. The fourth-order valence-corrected chi connectivity index (χ4v) is 5.44. The lowest BCUT2D eigenvalue weighted by Crippen LogP contribution is -2.48. The maximum atomic E-state index is 12.8. The summed E-state index contributed by atoms with van der Waals surface area (Å²) < 4.78 is 25.1. The first kappa shape index (κ1) is 19.8. The number of rotatable bonds is 4. The molecule has 0 atom stereocenters. The van der Waals surface area contributed by atoms with Crippen molar-refractivity contribution in [3.63, 3.8) is 0 Å². The highest BCUT2D eigenvalue weighted by Crippen LogP contribution is 2.31. The van der Waals surface area contributed by atoms with Gasteiger partial charge < -0.3 is 9.80 Å². The van der Waals surface area contributed by atoms with E-state index in [1.807, 2.05) is 11.0 Å². The fraction of sp³-hybridized carbons (Fsp3) is 0.333. The molecule has 0 aliphatic carbocycles. The number of hydrogen-bond donors (Lipinski definition) is 0. The third-order valence-electron chi connectivity index (χ3n) is 5.29. The maximum absolute atomic E-state index is 12.8. The Bertz CT molecular complexity index is 1150. The van der Waals surface area contributed by atoms with Gasteiger partial charge >= 0.3 is 0 Å². The van der Waals surface area contributed by atoms with Gasteiger partial charge in [0.05, 0.1) is 20.9 Å². The van der Waals surface area contributed by atoms with Gasteiger partial charge in [-0.05, 0) is 42.8 Å². The van der Waals surface area contributed by atoms with E-state index >= 15 is 0 Å². The van der Waals surface area contributed by atoms with Gasteiger partial charge in [0.15, 0.2) is 15.0 Å². The minimum absolute atomic E-state index is 0.0492. The number of thiazole rings is 1. The average molecular weight is 430 g/mol. The van der Waals surface area contributed by atoms with Gasteiger partial charge in [-0.3, -0.25) is 4.79 Å². The number of piperazine rings is 1. The number of aryl methyl sites for hydroxylation is 1. The molecule has 0 spiro atoms. The largest absolute Gasteiger partial charge is 0.345 e. The monoisotopic (exact) mass is 429 g/mol. The Morgan fingerprint density at radius 2 is 1.76 bits per heavy atom. The minimum atomic E-state index is -3.26. The van der Waals surface area contributed by atoms with Gasteiger partial charge in [0.2, 0.25) is 0 Å². The van der Waals surface area contributed by atoms with Crippen LogP contribution in [0.25, 0.3) is 10.2 Å². The van der Waals surface area contributed by atoms with Crippen molar-refractivity contribution >= 4 is 42.4 Å². The second-order valence-corrected chi connectivity index (χ2v) is 10.4. The molecule has 1 aromatic heterocycles. The number of benzene rings is 2. The van der Waals surface area contributed by atoms with Crippen LogP contribution in [-0.4, -0.2) is 56.1 Å². The summed E-state index contributed by atoms with van der Waals surface area (Å²) in [5.74, 6) is -0.0154. The van der Waals surface area contributed by atoms with Crippen molar-refractivity contribution in [1.82, 2.24) is 9.88 Å². The van der Waals surface area contributed by atoms with Crippen molar-refractivity contribution in [3.8, 4) is 0 Å². The van der Waals surface area contributed by atoms with Crippen molar-refractivity contribution in [1.29, 1.82) is 0 Å². The third-order valence-corrected chi connectivity index (χ3v) is 8.12. The molecule has 29 heavy (non-hydrogen) atoms. The molecule has 4 rings (SSSR count). The van der Waals surface area contributed by atoms with Crippen molar-refractivity contribution in [2.24, 2.45) is 0 Å². The number of amides is 1. The molecule has 1 aliphatic heterocycles. The van der Waals surface area contributed by atoms with Crippen LogP contribution >= 0.6 is 11.3 Å². The molecule has 3 aromatic rings. The van der Waals surface area contributed by atoms with Gasteiger partial charge in [-0.2, -0.15) is 0 Å². The Kier molecular flexibility index (Phi) is 5.31. The summed E-state index contributed by atoms with van der Waals surface area (Å²) in [6.07, 6.45) is 0. The number of para-hydroxylation sites is 1. The van der Waals surface area contributed by atoms with Gasteiger partial charge in [0, 0.05) is 31.7 Å². The van der Waals surface area contributed by atoms with E-state index in [0.717, 1.165) is 23.7 Å². The van der Waals surface area contributed by atoms with Gasteiger partial charge in [0.1, 0.15) is 0 Å². The molecule has 152 valence electrons. The molecule has 0 N–H and O–H groups in total. The Morgan fingerprint density at radius 3 is 2.38 bits per heavy atom. The molecular weight excluding hydrogens is 406 g/mol. The first-order valence-corrected chi connectivity index (χ1v) is 12.1. The quantitative estimate of drug-likeness (QED) is 0.636. The van der Waals surface area contributed by atoms with Crippen LogP contribution in [0.5, 0.6) is 0 Å². The molecule has 0 radical (unpaired) electrons. The van der Waals surface area contributed by atoms with E-state index in [1.54, 1.807) is 30.4 Å². The zero-order valence-corrected chi connectivity index (χ0v) is 18.1. The molecule has 1 saturated heterocycles. The number of aromatic nitrogens is 1. The van der Waals surface area contributed by atoms with E-state index in [1.165, 1.54) is 22.4 Å². The van der Waals surface area contributed by atoms with Gasteiger partial charge in [0.25, 0.3) is 5.91 Å². The molecule has 1 amide bonds. The van der Waals surface area contributed by atoms with Gasteiger partial charge in [-0.25, -0.2) is 13.4 Å². The number of hydrogen-bond acceptors (Lipinski definition) is 6. The highest BCUT2D eigenvalue weighted by Gasteiger charge is 2.24. The average Bonchev–Trinajstić information content (AvgIpc) is 3.19. The zero-order valence-electron chi connectivity index (χ0n) is 16.5. The Labute approximate surface area is 174 Å². The Hall–Kier alpha value is -2.45. The van der Waals surface area contributed by atoms with Gasteiger partial charge in [-0.15, -0.1) is 0 Å². The molecule has 8 heteroatoms. The summed E-state index contributed by atoms with van der Waals surface area (Å²) in [6, 6.07) is 12.5. The highest BCUT2D eigenvalue weighted by atomic mass is 32.2. The molecule has 0 bridgehead atoms. The number of carbonyl (C=O) groups is 1. The lowest BCUT2D eigenvalue weighted by Gasteiger charge is -2.34. The molecule has 2 heterocycles. The second kappa shape index (κ2) is 7.76. The minimum Gasteiger partial charge on any atom is -0.345 e. The van der Waals surface area contributed by atoms with Crippen LogP contribution in [0.2, 0.25) is 0 Å². The maximum Gasteiger partial charge on any atom is 0.253 e. The van der Waals surface area contributed by atoms with Crippen molar-refractivity contribution < 1.29 is 13.2 Å². The summed E-state index contributed by atoms with van der Waals surface area (Å²) in [7, 11) is -3.26. The lowest BCUT2D eigenvalue weighted by atomic mass is 10.2. The van der Waals surface area contributed by atoms with Gasteiger partial charge in [-0.1, -0.05) is 30.4 Å². The van der Waals surface area contributed by atoms with Crippen LogP contribution in [0.15, 0.2) is 47.4 Å².